The van der Waals surface area contributed by atoms with Crippen LogP contribution in [0, 0.1) is 0 Å². The van der Waals surface area contributed by atoms with E-state index in [9.17, 15) is 0 Å². The van der Waals surface area contributed by atoms with Crippen molar-refractivity contribution in [2.75, 3.05) is 4.90 Å². The first-order valence-corrected chi connectivity index (χ1v) is 18.8. The molecular weight excluding hydrogens is 669 g/mol. The minimum absolute atomic E-state index is 0.864. The Balaban J connectivity index is 1.08. The van der Waals surface area contributed by atoms with Crippen molar-refractivity contribution in [3.8, 4) is 27.9 Å². The molecule has 55 heavy (non-hydrogen) atoms. The van der Waals surface area contributed by atoms with Crippen molar-refractivity contribution in [2.45, 2.75) is 0 Å². The third-order valence-electron chi connectivity index (χ3n) is 11.0. The molecule has 0 aliphatic heterocycles. The molecular formula is C52H34N2O. The van der Waals surface area contributed by atoms with Crippen molar-refractivity contribution < 1.29 is 4.42 Å². The first kappa shape index (κ1) is 31.2. The largest absolute Gasteiger partial charge is 0.454 e. The summed E-state index contributed by atoms with van der Waals surface area (Å²) in [5.41, 5.74) is 13.1. The third kappa shape index (κ3) is 5.05. The fourth-order valence-electron chi connectivity index (χ4n) is 8.49. The Morgan fingerprint density at radius 3 is 1.75 bits per heavy atom. The van der Waals surface area contributed by atoms with Crippen LogP contribution >= 0.6 is 0 Å². The molecule has 2 aromatic heterocycles. The van der Waals surface area contributed by atoms with Gasteiger partial charge in [-0.1, -0.05) is 152 Å². The van der Waals surface area contributed by atoms with E-state index in [0.717, 1.165) is 50.3 Å². The standard InChI is InChI=1S/C52H34N2O/c1-2-15-38(16-3-1)54-48-24-8-6-18-44(48)46-22-11-21-43(51(46)54)37-29-33-40(34-30-37)53(49-25-12-23-47-45-19-7-9-26-50(45)55-52(47)49)39-31-27-36(28-32-39)42-20-10-14-35-13-4-5-17-41(35)42/h1-34H. The average Bonchev–Trinajstić information content (AvgIpc) is 3.81. The number of para-hydroxylation sites is 5. The molecule has 9 aromatic carbocycles. The van der Waals surface area contributed by atoms with Crippen molar-refractivity contribution >= 4 is 71.6 Å². The second-order valence-electron chi connectivity index (χ2n) is 14.1. The monoisotopic (exact) mass is 702 g/mol. The van der Waals surface area contributed by atoms with Gasteiger partial charge in [0.1, 0.15) is 5.58 Å². The van der Waals surface area contributed by atoms with E-state index in [-0.39, 0.29) is 0 Å². The quantitative estimate of drug-likeness (QED) is 0.172. The highest BCUT2D eigenvalue weighted by molar-refractivity contribution is 6.14. The van der Waals surface area contributed by atoms with E-state index in [1.54, 1.807) is 0 Å². The Morgan fingerprint density at radius 1 is 0.382 bits per heavy atom. The molecule has 11 rings (SSSR count). The number of nitrogens with zero attached hydrogens (tertiary/aromatic N) is 2. The highest BCUT2D eigenvalue weighted by Crippen LogP contribution is 2.44. The van der Waals surface area contributed by atoms with Gasteiger partial charge in [0.2, 0.25) is 0 Å². The fourth-order valence-corrected chi connectivity index (χ4v) is 8.49. The molecule has 0 saturated carbocycles. The zero-order valence-corrected chi connectivity index (χ0v) is 29.9. The van der Waals surface area contributed by atoms with Crippen LogP contribution in [0.15, 0.2) is 211 Å². The van der Waals surface area contributed by atoms with Gasteiger partial charge in [0, 0.05) is 44.2 Å². The molecule has 0 fully saturated rings. The maximum atomic E-state index is 6.63. The van der Waals surface area contributed by atoms with Crippen LogP contribution in [0.4, 0.5) is 17.1 Å². The zero-order valence-electron chi connectivity index (χ0n) is 29.9. The molecule has 0 amide bonds. The summed E-state index contributed by atoms with van der Waals surface area (Å²) in [4.78, 5) is 2.32. The second kappa shape index (κ2) is 12.6. The van der Waals surface area contributed by atoms with Gasteiger partial charge < -0.3 is 13.9 Å². The van der Waals surface area contributed by atoms with Crippen LogP contribution in [0.5, 0.6) is 0 Å². The lowest BCUT2D eigenvalue weighted by atomic mass is 9.98. The van der Waals surface area contributed by atoms with E-state index in [1.807, 2.05) is 12.1 Å². The van der Waals surface area contributed by atoms with E-state index in [0.29, 0.717) is 0 Å². The van der Waals surface area contributed by atoms with Gasteiger partial charge in [0.25, 0.3) is 0 Å². The summed E-state index contributed by atoms with van der Waals surface area (Å²) in [5, 5.41) is 7.19. The Kier molecular flexibility index (Phi) is 7.17. The summed E-state index contributed by atoms with van der Waals surface area (Å²) < 4.78 is 9.03. The molecule has 258 valence electrons. The zero-order chi connectivity index (χ0) is 36.3. The lowest BCUT2D eigenvalue weighted by molar-refractivity contribution is 0.669. The molecule has 0 saturated heterocycles. The Morgan fingerprint density at radius 2 is 0.945 bits per heavy atom. The normalized spacial score (nSPS) is 11.6. The number of benzene rings is 9. The Labute approximate surface area is 318 Å². The molecule has 11 aromatic rings. The lowest BCUT2D eigenvalue weighted by Crippen LogP contribution is -2.10. The van der Waals surface area contributed by atoms with Crippen LogP contribution in [-0.2, 0) is 0 Å². The molecule has 3 heteroatoms. The lowest BCUT2D eigenvalue weighted by Gasteiger charge is -2.26. The van der Waals surface area contributed by atoms with Gasteiger partial charge in [-0.25, -0.2) is 0 Å². The number of fused-ring (bicyclic) bond motifs is 7. The van der Waals surface area contributed by atoms with Gasteiger partial charge in [-0.05, 0) is 82.1 Å². The summed E-state index contributed by atoms with van der Waals surface area (Å²) in [6.45, 7) is 0. The van der Waals surface area contributed by atoms with E-state index in [1.165, 1.54) is 49.3 Å². The van der Waals surface area contributed by atoms with Crippen molar-refractivity contribution in [3.05, 3.63) is 206 Å². The molecule has 0 bridgehead atoms. The van der Waals surface area contributed by atoms with Gasteiger partial charge in [-0.15, -0.1) is 0 Å². The number of rotatable bonds is 6. The molecule has 3 nitrogen and oxygen atoms in total. The van der Waals surface area contributed by atoms with Crippen LogP contribution in [0.3, 0.4) is 0 Å². The predicted octanol–water partition coefficient (Wildman–Crippen LogP) is 14.6. The average molecular weight is 703 g/mol. The molecule has 0 aliphatic rings. The number of furan rings is 1. The van der Waals surface area contributed by atoms with E-state index >= 15 is 0 Å². The molecule has 0 unspecified atom stereocenters. The number of hydrogen-bond donors (Lipinski definition) is 0. The Bertz CT molecular complexity index is 3180. The van der Waals surface area contributed by atoms with Gasteiger partial charge >= 0.3 is 0 Å². The highest BCUT2D eigenvalue weighted by atomic mass is 16.3. The summed E-state index contributed by atoms with van der Waals surface area (Å²) >= 11 is 0. The first-order valence-electron chi connectivity index (χ1n) is 18.8. The number of anilines is 3. The smallest absolute Gasteiger partial charge is 0.159 e. The minimum Gasteiger partial charge on any atom is -0.454 e. The van der Waals surface area contributed by atoms with Crippen molar-refractivity contribution in [2.24, 2.45) is 0 Å². The number of aromatic nitrogens is 1. The summed E-state index contributed by atoms with van der Waals surface area (Å²) in [6.07, 6.45) is 0. The molecule has 0 aliphatic carbocycles. The first-order chi connectivity index (χ1) is 27.3. The second-order valence-corrected chi connectivity index (χ2v) is 14.1. The third-order valence-corrected chi connectivity index (χ3v) is 11.0. The number of hydrogen-bond acceptors (Lipinski definition) is 2. The van der Waals surface area contributed by atoms with Gasteiger partial charge in [-0.3, -0.25) is 0 Å². The maximum absolute atomic E-state index is 6.63. The van der Waals surface area contributed by atoms with Gasteiger partial charge in [0.05, 0.1) is 16.7 Å². The van der Waals surface area contributed by atoms with Crippen molar-refractivity contribution in [1.82, 2.24) is 4.57 Å². The van der Waals surface area contributed by atoms with E-state index in [2.05, 4.69) is 204 Å². The molecule has 2 heterocycles. The topological polar surface area (TPSA) is 21.3 Å². The van der Waals surface area contributed by atoms with E-state index in [4.69, 9.17) is 4.42 Å². The van der Waals surface area contributed by atoms with E-state index < -0.39 is 0 Å². The van der Waals surface area contributed by atoms with Crippen LogP contribution in [0.25, 0.3) is 82.5 Å². The molecule has 0 spiro atoms. The van der Waals surface area contributed by atoms with Crippen molar-refractivity contribution in [1.29, 1.82) is 0 Å². The SMILES string of the molecule is c1ccc(-n2c3ccccc3c3cccc(-c4ccc(N(c5ccc(-c6cccc7ccccc67)cc5)c5cccc6c5oc5ccccc56)cc4)c32)cc1. The maximum Gasteiger partial charge on any atom is 0.159 e. The fraction of sp³-hybridized carbons (Fsp3) is 0. The van der Waals surface area contributed by atoms with Crippen LogP contribution in [0.1, 0.15) is 0 Å². The predicted molar refractivity (Wildman–Crippen MR) is 231 cm³/mol. The Hall–Kier alpha value is -7.36. The van der Waals surface area contributed by atoms with Crippen LogP contribution < -0.4 is 4.90 Å². The summed E-state index contributed by atoms with van der Waals surface area (Å²) in [7, 11) is 0. The van der Waals surface area contributed by atoms with Gasteiger partial charge in [-0.2, -0.15) is 0 Å². The molecule has 0 atom stereocenters. The molecule has 0 N–H and O–H groups in total. The van der Waals surface area contributed by atoms with Gasteiger partial charge in [0.15, 0.2) is 5.58 Å². The summed E-state index contributed by atoms with van der Waals surface area (Å²) in [5.74, 6) is 0. The van der Waals surface area contributed by atoms with Crippen molar-refractivity contribution in [3.63, 3.8) is 0 Å². The molecule has 0 radical (unpaired) electrons. The highest BCUT2D eigenvalue weighted by Gasteiger charge is 2.21. The minimum atomic E-state index is 0.864. The van der Waals surface area contributed by atoms with Crippen LogP contribution in [-0.4, -0.2) is 4.57 Å². The summed E-state index contributed by atoms with van der Waals surface area (Å²) in [6, 6.07) is 73.8. The van der Waals surface area contributed by atoms with Crippen LogP contribution in [0.2, 0.25) is 0 Å².